The van der Waals surface area contributed by atoms with E-state index in [2.05, 4.69) is 10.3 Å². The van der Waals surface area contributed by atoms with Crippen LogP contribution in [0.25, 0.3) is 5.69 Å². The first kappa shape index (κ1) is 24.3. The molecular formula is C27H22ClF3N4S. The van der Waals surface area contributed by atoms with Gasteiger partial charge in [0.25, 0.3) is 0 Å². The Morgan fingerprint density at radius 3 is 2.36 bits per heavy atom. The number of nitrogens with one attached hydrogen (secondary N) is 1. The lowest BCUT2D eigenvalue weighted by molar-refractivity contribution is -0.137. The summed E-state index contributed by atoms with van der Waals surface area (Å²) in [6.07, 6.45) is -2.70. The van der Waals surface area contributed by atoms with Gasteiger partial charge in [0.05, 0.1) is 23.3 Å². The first-order valence-electron chi connectivity index (χ1n) is 11.3. The molecule has 9 heteroatoms. The van der Waals surface area contributed by atoms with Gasteiger partial charge >= 0.3 is 6.18 Å². The van der Waals surface area contributed by atoms with Crippen LogP contribution in [-0.4, -0.2) is 14.7 Å². The van der Waals surface area contributed by atoms with Crippen LogP contribution in [0.15, 0.2) is 79.0 Å². The van der Waals surface area contributed by atoms with Gasteiger partial charge < -0.3 is 14.8 Å². The number of pyridine rings is 1. The number of benzene rings is 2. The van der Waals surface area contributed by atoms with Crippen molar-refractivity contribution in [3.8, 4) is 5.69 Å². The molecule has 0 aliphatic carbocycles. The Bertz CT molecular complexity index is 1420. The first-order valence-corrected chi connectivity index (χ1v) is 12.1. The fourth-order valence-corrected chi connectivity index (χ4v) is 5.33. The summed E-state index contributed by atoms with van der Waals surface area (Å²) in [6, 6.07) is 19.9. The van der Waals surface area contributed by atoms with Gasteiger partial charge in [-0.2, -0.15) is 13.2 Å². The van der Waals surface area contributed by atoms with Crippen molar-refractivity contribution in [1.29, 1.82) is 0 Å². The molecule has 0 bridgehead atoms. The predicted octanol–water partition coefficient (Wildman–Crippen LogP) is 7.34. The van der Waals surface area contributed by atoms with Gasteiger partial charge in [0.15, 0.2) is 5.11 Å². The minimum absolute atomic E-state index is 0.273. The first-order chi connectivity index (χ1) is 17.1. The molecule has 5 rings (SSSR count). The number of hydrogen-bond acceptors (Lipinski definition) is 2. The average Bonchev–Trinajstić information content (AvgIpc) is 3.35. The Morgan fingerprint density at radius 2 is 1.69 bits per heavy atom. The van der Waals surface area contributed by atoms with Gasteiger partial charge in [-0.3, -0.25) is 4.98 Å². The van der Waals surface area contributed by atoms with Crippen molar-refractivity contribution in [1.82, 2.24) is 14.9 Å². The van der Waals surface area contributed by atoms with Crippen molar-refractivity contribution < 1.29 is 13.2 Å². The zero-order chi connectivity index (χ0) is 25.6. The zero-order valence-corrected chi connectivity index (χ0v) is 21.0. The highest BCUT2D eigenvalue weighted by molar-refractivity contribution is 7.80. The summed E-state index contributed by atoms with van der Waals surface area (Å²) >= 11 is 11.9. The van der Waals surface area contributed by atoms with Crippen LogP contribution in [0.5, 0.6) is 0 Å². The Balaban J connectivity index is 1.67. The molecule has 4 aromatic rings. The molecule has 4 nitrogen and oxygen atoms in total. The van der Waals surface area contributed by atoms with E-state index in [4.69, 9.17) is 23.8 Å². The van der Waals surface area contributed by atoms with E-state index in [0.29, 0.717) is 15.8 Å². The van der Waals surface area contributed by atoms with Crippen LogP contribution in [0.4, 0.5) is 18.9 Å². The van der Waals surface area contributed by atoms with Crippen LogP contribution >= 0.6 is 23.8 Å². The number of aryl methyl sites for hydroxylation is 1. The molecule has 0 spiro atoms. The maximum absolute atomic E-state index is 13.4. The summed E-state index contributed by atoms with van der Waals surface area (Å²) < 4.78 is 42.1. The smallest absolute Gasteiger partial charge is 0.351 e. The molecule has 0 amide bonds. The van der Waals surface area contributed by atoms with Crippen molar-refractivity contribution in [2.75, 3.05) is 4.90 Å². The fraction of sp³-hybridized carbons (Fsp3) is 0.185. The van der Waals surface area contributed by atoms with E-state index >= 15 is 0 Å². The van der Waals surface area contributed by atoms with Gasteiger partial charge in [-0.05, 0) is 92.3 Å². The fourth-order valence-electron chi connectivity index (χ4n) is 4.86. The second-order valence-corrected chi connectivity index (χ2v) is 9.51. The van der Waals surface area contributed by atoms with E-state index < -0.39 is 11.7 Å². The normalized spacial score (nSPS) is 17.9. The largest absolute Gasteiger partial charge is 0.416 e. The van der Waals surface area contributed by atoms with Crippen LogP contribution in [0.1, 0.15) is 40.3 Å². The summed E-state index contributed by atoms with van der Waals surface area (Å²) in [6.45, 7) is 3.80. The van der Waals surface area contributed by atoms with Gasteiger partial charge in [0.2, 0.25) is 0 Å². The van der Waals surface area contributed by atoms with Crippen molar-refractivity contribution >= 4 is 34.6 Å². The van der Waals surface area contributed by atoms with Crippen LogP contribution in [0, 0.1) is 13.8 Å². The van der Waals surface area contributed by atoms with Crippen LogP contribution in [-0.2, 0) is 6.18 Å². The number of nitrogens with zero attached hydrogens (tertiary/aromatic N) is 3. The molecule has 0 saturated carbocycles. The van der Waals surface area contributed by atoms with Gasteiger partial charge in [0, 0.05) is 34.0 Å². The molecule has 1 saturated heterocycles. The van der Waals surface area contributed by atoms with Gasteiger partial charge in [-0.25, -0.2) is 0 Å². The second kappa shape index (κ2) is 9.26. The van der Waals surface area contributed by atoms with Crippen molar-refractivity contribution in [3.05, 3.63) is 112 Å². The number of thiocarbonyl (C=S) groups is 1. The molecule has 0 radical (unpaired) electrons. The van der Waals surface area contributed by atoms with Crippen LogP contribution in [0.3, 0.4) is 0 Å². The van der Waals surface area contributed by atoms with Crippen LogP contribution < -0.4 is 10.2 Å². The molecule has 36 heavy (non-hydrogen) atoms. The zero-order valence-electron chi connectivity index (χ0n) is 19.4. The van der Waals surface area contributed by atoms with Gasteiger partial charge in [-0.15, -0.1) is 0 Å². The Kier molecular flexibility index (Phi) is 6.26. The molecule has 3 heterocycles. The number of aromatic nitrogens is 2. The van der Waals surface area contributed by atoms with Gasteiger partial charge in [-0.1, -0.05) is 23.7 Å². The number of anilines is 1. The lowest BCUT2D eigenvalue weighted by Gasteiger charge is -2.28. The van der Waals surface area contributed by atoms with Crippen LogP contribution in [0.2, 0.25) is 5.02 Å². The van der Waals surface area contributed by atoms with Gasteiger partial charge in [0.1, 0.15) is 0 Å². The monoisotopic (exact) mass is 526 g/mol. The molecule has 0 unspecified atom stereocenters. The summed E-state index contributed by atoms with van der Waals surface area (Å²) in [5, 5.41) is 4.55. The molecule has 2 aromatic carbocycles. The minimum Gasteiger partial charge on any atom is -0.351 e. The Morgan fingerprint density at radius 1 is 0.944 bits per heavy atom. The highest BCUT2D eigenvalue weighted by atomic mass is 35.5. The molecule has 1 fully saturated rings. The average molecular weight is 527 g/mol. The van der Waals surface area contributed by atoms with Crippen molar-refractivity contribution in [3.63, 3.8) is 0 Å². The number of rotatable bonds is 4. The summed E-state index contributed by atoms with van der Waals surface area (Å²) in [5.41, 5.74) is 4.00. The molecule has 1 aliphatic rings. The molecule has 1 aliphatic heterocycles. The highest BCUT2D eigenvalue weighted by Gasteiger charge is 2.42. The molecular weight excluding hydrogens is 505 g/mol. The maximum Gasteiger partial charge on any atom is 0.416 e. The van der Waals surface area contributed by atoms with E-state index in [-0.39, 0.29) is 12.1 Å². The molecule has 184 valence electrons. The van der Waals surface area contributed by atoms with Crippen molar-refractivity contribution in [2.24, 2.45) is 0 Å². The number of alkyl halides is 3. The number of hydrogen-bond donors (Lipinski definition) is 1. The summed E-state index contributed by atoms with van der Waals surface area (Å²) in [4.78, 5) is 6.58. The quantitative estimate of drug-likeness (QED) is 0.282. The third-order valence-electron chi connectivity index (χ3n) is 6.42. The summed E-state index contributed by atoms with van der Waals surface area (Å²) in [5.74, 6) is 0. The highest BCUT2D eigenvalue weighted by Crippen LogP contribution is 2.44. The Hall–Kier alpha value is -3.36. The topological polar surface area (TPSA) is 33.1 Å². The van der Waals surface area contributed by atoms with E-state index in [9.17, 15) is 13.2 Å². The SMILES string of the molecule is Cc1cc([C@H]2[C@H](c3ccccn3)NC(=S)N2c2ccc(Cl)cc2)c(C)n1-c1cccc(C(F)(F)F)c1. The minimum atomic E-state index is -4.43. The molecule has 2 atom stereocenters. The van der Waals surface area contributed by atoms with E-state index in [1.807, 2.05) is 59.7 Å². The van der Waals surface area contributed by atoms with E-state index in [1.54, 1.807) is 24.4 Å². The molecule has 1 N–H and O–H groups in total. The lowest BCUT2D eigenvalue weighted by Crippen LogP contribution is -2.29. The Labute approximate surface area is 217 Å². The standard InChI is InChI=1S/C27H22ClF3N4S/c1-16-14-22(17(2)34(16)21-7-5-6-18(15-21)27(29,30)31)25-24(23-8-3-4-13-32-23)33-26(36)35(25)20-11-9-19(28)10-12-20/h3-15,24-25H,1-2H3,(H,33,36)/t24-,25-/m0/s1. The lowest BCUT2D eigenvalue weighted by atomic mass is 9.96. The van der Waals surface area contributed by atoms with Crippen molar-refractivity contribution in [2.45, 2.75) is 32.1 Å². The summed E-state index contributed by atoms with van der Waals surface area (Å²) in [7, 11) is 0. The molecule has 2 aromatic heterocycles. The third kappa shape index (κ3) is 4.35. The maximum atomic E-state index is 13.4. The van der Waals surface area contributed by atoms with E-state index in [1.165, 1.54) is 12.1 Å². The van der Waals surface area contributed by atoms with E-state index in [0.717, 1.165) is 34.4 Å². The predicted molar refractivity (Wildman–Crippen MR) is 140 cm³/mol. The third-order valence-corrected chi connectivity index (χ3v) is 6.99. The second-order valence-electron chi connectivity index (χ2n) is 8.68. The number of halogens is 4.